The summed E-state index contributed by atoms with van der Waals surface area (Å²) in [6, 6.07) is 10.4. The summed E-state index contributed by atoms with van der Waals surface area (Å²) in [5.41, 5.74) is 4.84. The molecule has 4 aromatic rings. The predicted molar refractivity (Wildman–Crippen MR) is 167 cm³/mol. The van der Waals surface area contributed by atoms with Gasteiger partial charge in [0.2, 0.25) is 11.0 Å². The van der Waals surface area contributed by atoms with Crippen LogP contribution in [-0.2, 0) is 4.79 Å². The van der Waals surface area contributed by atoms with Gasteiger partial charge in [0.25, 0.3) is 0 Å². The zero-order chi connectivity index (χ0) is 29.5. The second kappa shape index (κ2) is 11.5. The Bertz CT molecular complexity index is 1670. The molecule has 6 heterocycles. The normalized spacial score (nSPS) is 22.2. The number of rotatable bonds is 7. The van der Waals surface area contributed by atoms with Crippen LogP contribution in [0.1, 0.15) is 45.1 Å². The van der Waals surface area contributed by atoms with Crippen LogP contribution >= 0.6 is 11.3 Å². The lowest BCUT2D eigenvalue weighted by Crippen LogP contribution is -2.54. The summed E-state index contributed by atoms with van der Waals surface area (Å²) < 4.78 is 1.80. The average molecular weight is 597 g/mol. The average Bonchev–Trinajstić information content (AvgIpc) is 3.73. The highest BCUT2D eigenvalue weighted by molar-refractivity contribution is 7.18. The van der Waals surface area contributed by atoms with Gasteiger partial charge in [-0.15, -0.1) is 10.2 Å². The molecule has 0 aromatic carbocycles. The van der Waals surface area contributed by atoms with Crippen LogP contribution in [0.2, 0.25) is 0 Å². The Morgan fingerprint density at radius 3 is 2.63 bits per heavy atom. The van der Waals surface area contributed by atoms with Crippen LogP contribution in [0, 0.1) is 29.1 Å². The third-order valence-electron chi connectivity index (χ3n) is 9.01. The maximum atomic E-state index is 13.0. The van der Waals surface area contributed by atoms with Gasteiger partial charge in [-0.1, -0.05) is 11.3 Å². The number of hydrogen-bond acceptors (Lipinski definition) is 10. The van der Waals surface area contributed by atoms with Crippen molar-refractivity contribution in [3.63, 3.8) is 0 Å². The topological polar surface area (TPSA) is 136 Å². The summed E-state index contributed by atoms with van der Waals surface area (Å²) >= 11 is 1.59. The van der Waals surface area contributed by atoms with Gasteiger partial charge in [0, 0.05) is 43.0 Å². The second-order valence-corrected chi connectivity index (χ2v) is 13.2. The molecule has 0 radical (unpaired) electrons. The number of anilines is 2. The number of nitrogens with zero attached hydrogens (tertiary/aromatic N) is 7. The number of nitrogens with one attached hydrogen (secondary N) is 3. The molecule has 1 aliphatic carbocycles. The molecular weight excluding hydrogens is 560 g/mol. The van der Waals surface area contributed by atoms with E-state index < -0.39 is 0 Å². The zero-order valence-corrected chi connectivity index (χ0v) is 25.3. The first-order valence-corrected chi connectivity index (χ1v) is 16.0. The fourth-order valence-electron chi connectivity index (χ4n) is 6.88. The molecule has 2 saturated heterocycles. The monoisotopic (exact) mass is 596 g/mol. The molecule has 2 aliphatic heterocycles. The third kappa shape index (κ3) is 5.43. The van der Waals surface area contributed by atoms with Crippen molar-refractivity contribution in [2.24, 2.45) is 17.8 Å². The van der Waals surface area contributed by atoms with Gasteiger partial charge in [0.15, 0.2) is 5.01 Å². The standard InChI is InChI=1S/C31H36N10OS/c1-18(2)36-25-12-26(27-6-5-23-11-19(13-32)14-35-41(23)27)34-15-24(25)30-38-39-31(43-30)40-16-21-3-4-22(17-40)28(21)37-29(42)20-7-9-33-10-8-20/h5-6,11-12,14-15,18,20-22,28,33H,3-4,7-10,16-17H2,1-2H3,(H,34,36)(H,37,42)/t21-,22?,28?/m0/s1. The number of carbonyl (C=O) groups excluding carboxylic acids is 1. The van der Waals surface area contributed by atoms with E-state index in [0.29, 0.717) is 17.4 Å². The minimum atomic E-state index is 0.141. The number of piperidine rings is 2. The number of aromatic nitrogens is 5. The van der Waals surface area contributed by atoms with Crippen LogP contribution in [0.25, 0.3) is 27.5 Å². The Morgan fingerprint density at radius 1 is 1.09 bits per heavy atom. The number of amides is 1. The molecule has 1 amide bonds. The molecule has 4 aromatic heterocycles. The fraction of sp³-hybridized carbons (Fsp3) is 0.484. The molecule has 3 N–H and O–H groups in total. The molecular formula is C31H36N10OS. The summed E-state index contributed by atoms with van der Waals surface area (Å²) in [6.07, 6.45) is 7.56. The van der Waals surface area contributed by atoms with Crippen LogP contribution in [0.15, 0.2) is 36.7 Å². The summed E-state index contributed by atoms with van der Waals surface area (Å²) in [6.45, 7) is 7.85. The molecule has 2 bridgehead atoms. The largest absolute Gasteiger partial charge is 0.382 e. The minimum Gasteiger partial charge on any atom is -0.382 e. The van der Waals surface area contributed by atoms with Crippen molar-refractivity contribution >= 4 is 33.6 Å². The lowest BCUT2D eigenvalue weighted by atomic mass is 9.90. The van der Waals surface area contributed by atoms with Gasteiger partial charge >= 0.3 is 0 Å². The van der Waals surface area contributed by atoms with Crippen molar-refractivity contribution in [3.8, 4) is 28.0 Å². The first-order valence-electron chi connectivity index (χ1n) is 15.2. The molecule has 3 fully saturated rings. The van der Waals surface area contributed by atoms with Crippen molar-refractivity contribution in [1.29, 1.82) is 5.26 Å². The van der Waals surface area contributed by atoms with E-state index in [1.807, 2.05) is 30.5 Å². The van der Waals surface area contributed by atoms with Gasteiger partial charge < -0.3 is 20.9 Å². The van der Waals surface area contributed by atoms with Crippen molar-refractivity contribution in [3.05, 3.63) is 42.2 Å². The first-order chi connectivity index (χ1) is 21.0. The highest BCUT2D eigenvalue weighted by atomic mass is 32.1. The number of pyridine rings is 1. The Labute approximate surface area is 254 Å². The Hall–Kier alpha value is -4.08. The van der Waals surface area contributed by atoms with E-state index in [0.717, 1.165) is 90.2 Å². The Kier molecular flexibility index (Phi) is 7.44. The van der Waals surface area contributed by atoms with E-state index in [-0.39, 0.29) is 23.9 Å². The van der Waals surface area contributed by atoms with Crippen LogP contribution in [0.3, 0.4) is 0 Å². The molecule has 11 nitrogen and oxygen atoms in total. The van der Waals surface area contributed by atoms with Crippen molar-refractivity contribution in [2.75, 3.05) is 36.4 Å². The van der Waals surface area contributed by atoms with E-state index in [2.05, 4.69) is 56.1 Å². The zero-order valence-electron chi connectivity index (χ0n) is 24.5. The molecule has 12 heteroatoms. The summed E-state index contributed by atoms with van der Waals surface area (Å²) in [7, 11) is 0. The number of nitriles is 1. The molecule has 222 valence electrons. The van der Waals surface area contributed by atoms with Crippen LogP contribution in [0.5, 0.6) is 0 Å². The van der Waals surface area contributed by atoms with Crippen LogP contribution in [0.4, 0.5) is 10.8 Å². The molecule has 3 aliphatic rings. The fourth-order valence-corrected chi connectivity index (χ4v) is 7.77. The van der Waals surface area contributed by atoms with E-state index in [1.165, 1.54) is 0 Å². The van der Waals surface area contributed by atoms with Crippen LogP contribution < -0.4 is 20.9 Å². The van der Waals surface area contributed by atoms with E-state index in [1.54, 1.807) is 22.0 Å². The molecule has 2 unspecified atom stereocenters. The summed E-state index contributed by atoms with van der Waals surface area (Å²) in [5.74, 6) is 1.25. The number of hydrogen-bond donors (Lipinski definition) is 3. The maximum Gasteiger partial charge on any atom is 0.223 e. The predicted octanol–water partition coefficient (Wildman–Crippen LogP) is 3.94. The van der Waals surface area contributed by atoms with E-state index in [9.17, 15) is 10.1 Å². The van der Waals surface area contributed by atoms with Gasteiger partial charge in [-0.3, -0.25) is 9.78 Å². The highest BCUT2D eigenvalue weighted by Crippen LogP contribution is 2.41. The van der Waals surface area contributed by atoms with E-state index in [4.69, 9.17) is 4.98 Å². The van der Waals surface area contributed by atoms with Gasteiger partial charge in [0.1, 0.15) is 6.07 Å². The maximum absolute atomic E-state index is 13.0. The quantitative estimate of drug-likeness (QED) is 0.290. The summed E-state index contributed by atoms with van der Waals surface area (Å²) in [4.78, 5) is 20.2. The lowest BCUT2D eigenvalue weighted by molar-refractivity contribution is -0.127. The van der Waals surface area contributed by atoms with Gasteiger partial charge in [-0.05, 0) is 88.7 Å². The third-order valence-corrected chi connectivity index (χ3v) is 10.0. The van der Waals surface area contributed by atoms with Gasteiger partial charge in [-0.2, -0.15) is 10.4 Å². The van der Waals surface area contributed by atoms with Crippen molar-refractivity contribution in [1.82, 2.24) is 35.4 Å². The van der Waals surface area contributed by atoms with Gasteiger partial charge in [-0.25, -0.2) is 4.52 Å². The van der Waals surface area contributed by atoms with E-state index >= 15 is 0 Å². The van der Waals surface area contributed by atoms with Crippen LogP contribution in [-0.4, -0.2) is 69.0 Å². The molecule has 1 saturated carbocycles. The molecule has 7 rings (SSSR count). The molecule has 3 atom stereocenters. The lowest BCUT2D eigenvalue weighted by Gasteiger charge is -2.38. The smallest absolute Gasteiger partial charge is 0.223 e. The Morgan fingerprint density at radius 2 is 1.88 bits per heavy atom. The molecule has 0 spiro atoms. The number of fused-ring (bicyclic) bond motifs is 3. The highest BCUT2D eigenvalue weighted by Gasteiger charge is 2.44. The second-order valence-electron chi connectivity index (χ2n) is 12.3. The molecule has 43 heavy (non-hydrogen) atoms. The number of carbonyl (C=O) groups is 1. The van der Waals surface area contributed by atoms with Crippen molar-refractivity contribution < 1.29 is 4.79 Å². The minimum absolute atomic E-state index is 0.141. The first kappa shape index (κ1) is 27.7. The van der Waals surface area contributed by atoms with Gasteiger partial charge in [0.05, 0.1) is 34.2 Å². The summed E-state index contributed by atoms with van der Waals surface area (Å²) in [5, 5.41) is 35.0. The SMILES string of the molecule is CC(C)Nc1cc(-c2ccc3cc(C#N)cnn23)ncc1-c1nnc(N2CC3CC[C@@H](C2)C3NC(=O)C2CCNCC2)s1. The Balaban J connectivity index is 1.10. The van der Waals surface area contributed by atoms with Crippen molar-refractivity contribution in [2.45, 2.75) is 51.6 Å².